The minimum atomic E-state index is -2.78. The summed E-state index contributed by atoms with van der Waals surface area (Å²) in [4.78, 5) is 2.32. The van der Waals surface area contributed by atoms with Crippen LogP contribution in [0.1, 0.15) is 24.9 Å². The van der Waals surface area contributed by atoms with Crippen molar-refractivity contribution in [3.8, 4) is 5.75 Å². The van der Waals surface area contributed by atoms with Crippen LogP contribution < -0.4 is 10.1 Å². The van der Waals surface area contributed by atoms with Gasteiger partial charge in [-0.3, -0.25) is 4.90 Å². The average Bonchev–Trinajstić information content (AvgIpc) is 2.42. The van der Waals surface area contributed by atoms with Crippen LogP contribution in [0.3, 0.4) is 0 Å². The van der Waals surface area contributed by atoms with Crippen molar-refractivity contribution in [1.29, 1.82) is 0 Å². The van der Waals surface area contributed by atoms with E-state index in [1.165, 1.54) is 0 Å². The highest BCUT2D eigenvalue weighted by molar-refractivity contribution is 5.85. The molecule has 1 fully saturated rings. The fraction of sp³-hybridized carbons (Fsp3) is 0.571. The monoisotopic (exact) mass is 342 g/mol. The Bertz CT molecular complexity index is 404. The molecule has 0 bridgehead atoms. The molecule has 21 heavy (non-hydrogen) atoms. The van der Waals surface area contributed by atoms with Gasteiger partial charge in [-0.1, -0.05) is 25.1 Å². The number of nitrogens with one attached hydrogen (secondary N) is 1. The molecule has 0 amide bonds. The number of hydrogen-bond donors (Lipinski definition) is 1. The second-order valence-corrected chi connectivity index (χ2v) is 4.63. The molecule has 1 aromatic carbocycles. The molecule has 0 aliphatic carbocycles. The Hall–Kier alpha value is -0.620. The minimum absolute atomic E-state index is 0. The largest absolute Gasteiger partial charge is 0.434 e. The molecule has 1 heterocycles. The third kappa shape index (κ3) is 5.58. The average molecular weight is 343 g/mol. The van der Waals surface area contributed by atoms with Gasteiger partial charge in [0.1, 0.15) is 5.75 Å². The summed E-state index contributed by atoms with van der Waals surface area (Å²) >= 11 is 0. The smallest absolute Gasteiger partial charge is 0.387 e. The molecule has 0 saturated carbocycles. The zero-order valence-electron chi connectivity index (χ0n) is 11.9. The predicted octanol–water partition coefficient (Wildman–Crippen LogP) is 3.49. The molecule has 0 radical (unpaired) electrons. The van der Waals surface area contributed by atoms with Crippen LogP contribution in [0.2, 0.25) is 0 Å². The summed E-state index contributed by atoms with van der Waals surface area (Å²) in [5, 5.41) is 3.30. The lowest BCUT2D eigenvalue weighted by Gasteiger charge is -2.35. The van der Waals surface area contributed by atoms with Crippen LogP contribution in [0.5, 0.6) is 5.75 Å². The van der Waals surface area contributed by atoms with Gasteiger partial charge >= 0.3 is 6.61 Å². The van der Waals surface area contributed by atoms with E-state index in [1.807, 2.05) is 12.1 Å². The van der Waals surface area contributed by atoms with Gasteiger partial charge in [-0.15, -0.1) is 24.8 Å². The van der Waals surface area contributed by atoms with Crippen LogP contribution in [0.25, 0.3) is 0 Å². The van der Waals surface area contributed by atoms with E-state index in [2.05, 4.69) is 21.9 Å². The lowest BCUT2D eigenvalue weighted by Crippen LogP contribution is -2.45. The molecule has 0 spiro atoms. The Morgan fingerprint density at radius 1 is 1.19 bits per heavy atom. The van der Waals surface area contributed by atoms with E-state index in [4.69, 9.17) is 0 Å². The quantitative estimate of drug-likeness (QED) is 0.886. The van der Waals surface area contributed by atoms with Crippen molar-refractivity contribution < 1.29 is 13.5 Å². The lowest BCUT2D eigenvalue weighted by molar-refractivity contribution is -0.0512. The molecule has 1 saturated heterocycles. The summed E-state index contributed by atoms with van der Waals surface area (Å²) in [7, 11) is 0. The zero-order chi connectivity index (χ0) is 13.7. The minimum Gasteiger partial charge on any atom is -0.434 e. The normalized spacial score (nSPS) is 16.8. The van der Waals surface area contributed by atoms with Crippen molar-refractivity contribution >= 4 is 24.8 Å². The molecule has 7 heteroatoms. The van der Waals surface area contributed by atoms with Crippen LogP contribution in [0.4, 0.5) is 8.78 Å². The van der Waals surface area contributed by atoms with Crippen molar-refractivity contribution in [2.45, 2.75) is 26.0 Å². The summed E-state index contributed by atoms with van der Waals surface area (Å²) in [6, 6.07) is 7.24. The fourth-order valence-electron chi connectivity index (χ4n) is 2.63. The summed E-state index contributed by atoms with van der Waals surface area (Å²) in [6.07, 6.45) is 0.879. The first-order valence-corrected chi connectivity index (χ1v) is 6.71. The van der Waals surface area contributed by atoms with Crippen LogP contribution in [-0.4, -0.2) is 37.7 Å². The van der Waals surface area contributed by atoms with Gasteiger partial charge in [0.25, 0.3) is 0 Å². The molecule has 1 aliphatic heterocycles. The van der Waals surface area contributed by atoms with Crippen molar-refractivity contribution in [2.75, 3.05) is 26.2 Å². The fourth-order valence-corrected chi connectivity index (χ4v) is 2.63. The lowest BCUT2D eigenvalue weighted by atomic mass is 10.0. The van der Waals surface area contributed by atoms with Gasteiger partial charge in [-0.25, -0.2) is 0 Å². The van der Waals surface area contributed by atoms with Gasteiger partial charge in [0.05, 0.1) is 0 Å². The highest BCUT2D eigenvalue weighted by Gasteiger charge is 2.23. The first-order chi connectivity index (χ1) is 9.22. The maximum Gasteiger partial charge on any atom is 0.387 e. The molecule has 1 aromatic rings. The van der Waals surface area contributed by atoms with E-state index in [0.29, 0.717) is 5.75 Å². The highest BCUT2D eigenvalue weighted by Crippen LogP contribution is 2.32. The van der Waals surface area contributed by atoms with Gasteiger partial charge in [-0.05, 0) is 12.5 Å². The van der Waals surface area contributed by atoms with E-state index in [0.717, 1.165) is 38.2 Å². The summed E-state index contributed by atoms with van der Waals surface area (Å²) in [6.45, 7) is 3.04. The summed E-state index contributed by atoms with van der Waals surface area (Å²) in [5.74, 6) is 0.294. The van der Waals surface area contributed by atoms with Crippen molar-refractivity contribution in [3.63, 3.8) is 0 Å². The van der Waals surface area contributed by atoms with E-state index < -0.39 is 6.61 Å². The van der Waals surface area contributed by atoms with Gasteiger partial charge in [0.15, 0.2) is 0 Å². The predicted molar refractivity (Wildman–Crippen MR) is 85.0 cm³/mol. The second-order valence-electron chi connectivity index (χ2n) is 4.63. The van der Waals surface area contributed by atoms with Crippen molar-refractivity contribution in [2.24, 2.45) is 0 Å². The molecular formula is C14H22Cl2F2N2O. The van der Waals surface area contributed by atoms with Gasteiger partial charge in [0, 0.05) is 37.8 Å². The number of para-hydroxylation sites is 1. The number of piperazine rings is 1. The standard InChI is InChI=1S/C14H20F2N2O.2ClH/c1-2-12(18-9-7-17-8-10-18)11-5-3-4-6-13(11)19-14(15)16;;/h3-6,12,14,17H,2,7-10H2,1H3;2*1H/t12-;;/m1../s1. The molecular weight excluding hydrogens is 321 g/mol. The molecule has 0 unspecified atom stereocenters. The molecule has 1 aliphatic rings. The number of nitrogens with zero attached hydrogens (tertiary/aromatic N) is 1. The number of halogens is 4. The Labute approximate surface area is 136 Å². The Kier molecular flexibility index (Phi) is 9.86. The Morgan fingerprint density at radius 2 is 1.81 bits per heavy atom. The van der Waals surface area contributed by atoms with E-state index in [1.54, 1.807) is 12.1 Å². The van der Waals surface area contributed by atoms with E-state index in [-0.39, 0.29) is 30.9 Å². The van der Waals surface area contributed by atoms with Gasteiger partial charge < -0.3 is 10.1 Å². The Balaban J connectivity index is 0.00000200. The molecule has 1 N–H and O–H groups in total. The maximum absolute atomic E-state index is 12.5. The molecule has 0 aromatic heterocycles. The maximum atomic E-state index is 12.5. The number of rotatable bonds is 5. The molecule has 122 valence electrons. The summed E-state index contributed by atoms with van der Waals surface area (Å²) in [5.41, 5.74) is 0.854. The first kappa shape index (κ1) is 20.4. The van der Waals surface area contributed by atoms with Crippen LogP contribution in [-0.2, 0) is 0 Å². The number of benzene rings is 1. The van der Waals surface area contributed by atoms with Crippen LogP contribution in [0, 0.1) is 0 Å². The third-order valence-corrected chi connectivity index (χ3v) is 3.47. The van der Waals surface area contributed by atoms with Crippen molar-refractivity contribution in [3.05, 3.63) is 29.8 Å². The Morgan fingerprint density at radius 3 is 2.38 bits per heavy atom. The topological polar surface area (TPSA) is 24.5 Å². The number of hydrogen-bond acceptors (Lipinski definition) is 3. The zero-order valence-corrected chi connectivity index (χ0v) is 13.6. The SMILES string of the molecule is CC[C@H](c1ccccc1OC(F)F)N1CCNCC1.Cl.Cl. The first-order valence-electron chi connectivity index (χ1n) is 6.71. The number of ether oxygens (including phenoxy) is 1. The van der Waals surface area contributed by atoms with Crippen molar-refractivity contribution in [1.82, 2.24) is 10.2 Å². The highest BCUT2D eigenvalue weighted by atomic mass is 35.5. The second kappa shape index (κ2) is 10.2. The summed E-state index contributed by atoms with van der Waals surface area (Å²) < 4.78 is 29.6. The van der Waals surface area contributed by atoms with Crippen LogP contribution >= 0.6 is 24.8 Å². The van der Waals surface area contributed by atoms with Gasteiger partial charge in [0.2, 0.25) is 0 Å². The van der Waals surface area contributed by atoms with Crippen LogP contribution in [0.15, 0.2) is 24.3 Å². The molecule has 1 atom stereocenters. The molecule has 3 nitrogen and oxygen atoms in total. The molecule has 2 rings (SSSR count). The van der Waals surface area contributed by atoms with Gasteiger partial charge in [-0.2, -0.15) is 8.78 Å². The third-order valence-electron chi connectivity index (χ3n) is 3.47. The number of alkyl halides is 2. The van der Waals surface area contributed by atoms with E-state index >= 15 is 0 Å². The van der Waals surface area contributed by atoms with E-state index in [9.17, 15) is 8.78 Å².